The van der Waals surface area contributed by atoms with Gasteiger partial charge < -0.3 is 15.4 Å². The van der Waals surface area contributed by atoms with Gasteiger partial charge in [-0.2, -0.15) is 0 Å². The SMILES string of the molecule is C#CC(C)Nc1cccnc1[N+](=O)[O-]. The van der Waals surface area contributed by atoms with Gasteiger partial charge in [0.25, 0.3) is 0 Å². The zero-order chi connectivity index (χ0) is 10.6. The average Bonchev–Trinajstić information content (AvgIpc) is 2.18. The van der Waals surface area contributed by atoms with Gasteiger partial charge >= 0.3 is 5.82 Å². The maximum Gasteiger partial charge on any atom is 0.386 e. The summed E-state index contributed by atoms with van der Waals surface area (Å²) >= 11 is 0. The minimum atomic E-state index is -0.550. The Labute approximate surface area is 81.3 Å². The molecule has 0 saturated carbocycles. The lowest BCUT2D eigenvalue weighted by atomic mass is 10.3. The molecule has 1 aromatic heterocycles. The Kier molecular flexibility index (Phi) is 3.02. The van der Waals surface area contributed by atoms with Crippen molar-refractivity contribution in [1.29, 1.82) is 0 Å². The largest absolute Gasteiger partial charge is 0.386 e. The van der Waals surface area contributed by atoms with Crippen molar-refractivity contribution in [3.05, 3.63) is 28.4 Å². The second kappa shape index (κ2) is 4.23. The summed E-state index contributed by atoms with van der Waals surface area (Å²) in [4.78, 5) is 13.6. The molecule has 0 aliphatic heterocycles. The van der Waals surface area contributed by atoms with Gasteiger partial charge in [-0.3, -0.25) is 0 Å². The summed E-state index contributed by atoms with van der Waals surface area (Å²) in [5, 5.41) is 13.3. The number of nitrogens with one attached hydrogen (secondary N) is 1. The van der Waals surface area contributed by atoms with Crippen LogP contribution in [0.1, 0.15) is 6.92 Å². The summed E-state index contributed by atoms with van der Waals surface area (Å²) in [7, 11) is 0. The van der Waals surface area contributed by atoms with Crippen molar-refractivity contribution in [1.82, 2.24) is 4.98 Å². The van der Waals surface area contributed by atoms with Gasteiger partial charge in [-0.1, -0.05) is 5.92 Å². The van der Waals surface area contributed by atoms with E-state index in [9.17, 15) is 10.1 Å². The van der Waals surface area contributed by atoms with Crippen LogP contribution < -0.4 is 5.32 Å². The first-order valence-corrected chi connectivity index (χ1v) is 3.97. The standard InChI is InChI=1S/C9H9N3O2/c1-3-7(2)11-8-5-4-6-10-9(8)12(13)14/h1,4-7,11H,2H3. The van der Waals surface area contributed by atoms with Crippen molar-refractivity contribution in [2.24, 2.45) is 0 Å². The molecule has 0 aliphatic carbocycles. The normalized spacial score (nSPS) is 11.4. The minimum absolute atomic E-state index is 0.213. The van der Waals surface area contributed by atoms with Crippen LogP contribution in [-0.2, 0) is 0 Å². The molecule has 1 heterocycles. The molecule has 0 fully saturated rings. The van der Waals surface area contributed by atoms with E-state index >= 15 is 0 Å². The molecule has 1 rings (SSSR count). The molecule has 1 atom stereocenters. The van der Waals surface area contributed by atoms with E-state index in [2.05, 4.69) is 16.2 Å². The highest BCUT2D eigenvalue weighted by atomic mass is 16.6. The van der Waals surface area contributed by atoms with E-state index < -0.39 is 4.92 Å². The van der Waals surface area contributed by atoms with E-state index in [1.807, 2.05) is 0 Å². The highest BCUT2D eigenvalue weighted by Crippen LogP contribution is 2.20. The summed E-state index contributed by atoms with van der Waals surface area (Å²) < 4.78 is 0. The number of aromatic nitrogens is 1. The fourth-order valence-corrected chi connectivity index (χ4v) is 0.930. The van der Waals surface area contributed by atoms with Gasteiger partial charge in [0, 0.05) is 0 Å². The first-order valence-electron chi connectivity index (χ1n) is 3.97. The molecule has 5 heteroatoms. The van der Waals surface area contributed by atoms with E-state index in [0.717, 1.165) is 0 Å². The van der Waals surface area contributed by atoms with Crippen molar-refractivity contribution in [2.75, 3.05) is 5.32 Å². The Balaban J connectivity index is 2.97. The molecule has 0 amide bonds. The van der Waals surface area contributed by atoms with Crippen LogP contribution in [0, 0.1) is 22.5 Å². The van der Waals surface area contributed by atoms with Crippen LogP contribution in [0.3, 0.4) is 0 Å². The first kappa shape index (κ1) is 9.99. The lowest BCUT2D eigenvalue weighted by Gasteiger charge is -2.08. The fourth-order valence-electron chi connectivity index (χ4n) is 0.930. The Morgan fingerprint density at radius 1 is 1.79 bits per heavy atom. The van der Waals surface area contributed by atoms with Gasteiger partial charge in [0.05, 0.1) is 6.04 Å². The molecule has 0 saturated heterocycles. The van der Waals surface area contributed by atoms with Crippen LogP contribution in [0.5, 0.6) is 0 Å². The van der Waals surface area contributed by atoms with E-state index in [1.165, 1.54) is 6.20 Å². The molecular weight excluding hydrogens is 182 g/mol. The molecule has 0 spiro atoms. The number of pyridine rings is 1. The predicted molar refractivity (Wildman–Crippen MR) is 52.8 cm³/mol. The van der Waals surface area contributed by atoms with Crippen LogP contribution >= 0.6 is 0 Å². The third kappa shape index (κ3) is 2.20. The zero-order valence-electron chi connectivity index (χ0n) is 7.60. The van der Waals surface area contributed by atoms with Crippen LogP contribution in [0.4, 0.5) is 11.5 Å². The Morgan fingerprint density at radius 2 is 2.50 bits per heavy atom. The van der Waals surface area contributed by atoms with Crippen molar-refractivity contribution in [3.63, 3.8) is 0 Å². The van der Waals surface area contributed by atoms with Gasteiger partial charge in [-0.05, 0) is 29.0 Å². The Morgan fingerprint density at radius 3 is 3.07 bits per heavy atom. The number of nitro groups is 1. The maximum absolute atomic E-state index is 10.5. The number of rotatable bonds is 3. The quantitative estimate of drug-likeness (QED) is 0.445. The van der Waals surface area contributed by atoms with Crippen LogP contribution in [-0.4, -0.2) is 15.9 Å². The molecule has 0 bridgehead atoms. The molecular formula is C9H9N3O2. The first-order chi connectivity index (χ1) is 6.65. The summed E-state index contributed by atoms with van der Waals surface area (Å²) in [6.07, 6.45) is 6.51. The van der Waals surface area contributed by atoms with Gasteiger partial charge in [0.15, 0.2) is 0 Å². The number of nitrogens with zero attached hydrogens (tertiary/aromatic N) is 2. The zero-order valence-corrected chi connectivity index (χ0v) is 7.60. The van der Waals surface area contributed by atoms with Crippen molar-refractivity contribution >= 4 is 11.5 Å². The minimum Gasteiger partial charge on any atom is -0.365 e. The summed E-state index contributed by atoms with van der Waals surface area (Å²) in [6.45, 7) is 1.73. The van der Waals surface area contributed by atoms with Gasteiger partial charge in [0.2, 0.25) is 0 Å². The highest BCUT2D eigenvalue weighted by Gasteiger charge is 2.14. The topological polar surface area (TPSA) is 68.1 Å². The molecule has 72 valence electrons. The number of terminal acetylenes is 1. The van der Waals surface area contributed by atoms with Crippen LogP contribution in [0.2, 0.25) is 0 Å². The average molecular weight is 191 g/mol. The molecule has 0 aliphatic rings. The predicted octanol–water partition coefficient (Wildman–Crippen LogP) is 1.42. The lowest BCUT2D eigenvalue weighted by Crippen LogP contribution is -2.13. The molecule has 5 nitrogen and oxygen atoms in total. The van der Waals surface area contributed by atoms with Gasteiger partial charge in [0.1, 0.15) is 11.9 Å². The van der Waals surface area contributed by atoms with Crippen molar-refractivity contribution < 1.29 is 4.92 Å². The second-order valence-electron chi connectivity index (χ2n) is 2.66. The molecule has 1 unspecified atom stereocenters. The molecule has 14 heavy (non-hydrogen) atoms. The second-order valence-corrected chi connectivity index (χ2v) is 2.66. The lowest BCUT2D eigenvalue weighted by molar-refractivity contribution is -0.388. The molecule has 0 radical (unpaired) electrons. The third-order valence-electron chi connectivity index (χ3n) is 1.58. The molecule has 1 N–H and O–H groups in total. The van der Waals surface area contributed by atoms with E-state index in [1.54, 1.807) is 19.1 Å². The fraction of sp³-hybridized carbons (Fsp3) is 0.222. The van der Waals surface area contributed by atoms with Gasteiger partial charge in [-0.25, -0.2) is 0 Å². The number of hydrogen-bond acceptors (Lipinski definition) is 4. The van der Waals surface area contributed by atoms with Gasteiger partial charge in [-0.15, -0.1) is 6.42 Å². The third-order valence-corrected chi connectivity index (χ3v) is 1.58. The van der Waals surface area contributed by atoms with Crippen molar-refractivity contribution in [3.8, 4) is 12.3 Å². The smallest absolute Gasteiger partial charge is 0.365 e. The summed E-state index contributed by atoms with van der Waals surface area (Å²) in [5.41, 5.74) is 0.336. The van der Waals surface area contributed by atoms with E-state index in [0.29, 0.717) is 5.69 Å². The highest BCUT2D eigenvalue weighted by molar-refractivity contribution is 5.57. The number of anilines is 1. The van der Waals surface area contributed by atoms with Crippen LogP contribution in [0.15, 0.2) is 18.3 Å². The van der Waals surface area contributed by atoms with E-state index in [4.69, 9.17) is 6.42 Å². The van der Waals surface area contributed by atoms with Crippen molar-refractivity contribution in [2.45, 2.75) is 13.0 Å². The number of hydrogen-bond donors (Lipinski definition) is 1. The summed E-state index contributed by atoms with van der Waals surface area (Å²) in [6, 6.07) is 2.91. The summed E-state index contributed by atoms with van der Waals surface area (Å²) in [5.74, 6) is 2.20. The van der Waals surface area contributed by atoms with E-state index in [-0.39, 0.29) is 11.9 Å². The maximum atomic E-state index is 10.5. The Hall–Kier alpha value is -2.09. The Bertz CT molecular complexity index is 384. The van der Waals surface area contributed by atoms with Crippen LogP contribution in [0.25, 0.3) is 0 Å². The monoisotopic (exact) mass is 191 g/mol. The molecule has 1 aromatic rings. The molecule has 0 aromatic carbocycles.